The zero-order valence-electron chi connectivity index (χ0n) is 16.3. The standard InChI is InChI=1S/C21H23N3O3S/c1-12-9-10-14(11-17(12)27-4)19-18(13(2)22-21(28)24-19)20(25)23-15-7-5-6-8-16(15)26-3/h5-11,19H,1-4H3,(H,23,25)(H2,22,24,28). The molecule has 28 heavy (non-hydrogen) atoms. The average molecular weight is 398 g/mol. The number of methoxy groups -OCH3 is 2. The smallest absolute Gasteiger partial charge is 0.255 e. The molecule has 1 aliphatic heterocycles. The molecule has 7 heteroatoms. The minimum absolute atomic E-state index is 0.242. The van der Waals surface area contributed by atoms with Gasteiger partial charge in [0.25, 0.3) is 5.91 Å². The fourth-order valence-corrected chi connectivity index (χ4v) is 3.47. The van der Waals surface area contributed by atoms with E-state index < -0.39 is 6.04 Å². The van der Waals surface area contributed by atoms with Crippen molar-refractivity contribution in [1.82, 2.24) is 10.6 Å². The van der Waals surface area contributed by atoms with Gasteiger partial charge in [0, 0.05) is 5.70 Å². The lowest BCUT2D eigenvalue weighted by molar-refractivity contribution is -0.113. The highest BCUT2D eigenvalue weighted by Gasteiger charge is 2.30. The lowest BCUT2D eigenvalue weighted by Crippen LogP contribution is -2.45. The first-order valence-corrected chi connectivity index (χ1v) is 9.22. The second kappa shape index (κ2) is 8.31. The van der Waals surface area contributed by atoms with Crippen molar-refractivity contribution in [1.29, 1.82) is 0 Å². The minimum Gasteiger partial charge on any atom is -0.496 e. The molecule has 2 aromatic rings. The van der Waals surface area contributed by atoms with E-state index in [0.29, 0.717) is 27.8 Å². The van der Waals surface area contributed by atoms with Gasteiger partial charge in [-0.15, -0.1) is 0 Å². The number of amides is 1. The monoisotopic (exact) mass is 397 g/mol. The molecule has 0 aliphatic carbocycles. The lowest BCUT2D eigenvalue weighted by Gasteiger charge is -2.30. The predicted molar refractivity (Wildman–Crippen MR) is 114 cm³/mol. The Hall–Kier alpha value is -3.06. The van der Waals surface area contributed by atoms with Gasteiger partial charge in [0.15, 0.2) is 5.11 Å². The van der Waals surface area contributed by atoms with Crippen molar-refractivity contribution in [2.45, 2.75) is 19.9 Å². The van der Waals surface area contributed by atoms with Crippen LogP contribution in [0.5, 0.6) is 11.5 Å². The Bertz CT molecular complexity index is 956. The van der Waals surface area contributed by atoms with Crippen molar-refractivity contribution in [3.63, 3.8) is 0 Å². The van der Waals surface area contributed by atoms with Crippen LogP contribution >= 0.6 is 12.2 Å². The third-order valence-corrected chi connectivity index (χ3v) is 4.85. The number of thiocarbonyl (C=S) groups is 1. The molecule has 1 amide bonds. The van der Waals surface area contributed by atoms with E-state index in [1.54, 1.807) is 26.4 Å². The van der Waals surface area contributed by atoms with Crippen molar-refractivity contribution in [3.05, 3.63) is 64.9 Å². The molecule has 1 heterocycles. The minimum atomic E-state index is -0.405. The average Bonchev–Trinajstić information content (AvgIpc) is 2.68. The Morgan fingerprint density at radius 2 is 1.79 bits per heavy atom. The van der Waals surface area contributed by atoms with Gasteiger partial charge >= 0.3 is 0 Å². The summed E-state index contributed by atoms with van der Waals surface area (Å²) >= 11 is 5.32. The number of nitrogens with one attached hydrogen (secondary N) is 3. The summed E-state index contributed by atoms with van der Waals surface area (Å²) in [5.74, 6) is 1.11. The van der Waals surface area contributed by atoms with E-state index in [9.17, 15) is 4.79 Å². The molecule has 146 valence electrons. The number of rotatable bonds is 5. The molecule has 0 aromatic heterocycles. The van der Waals surface area contributed by atoms with Gasteiger partial charge in [0.1, 0.15) is 11.5 Å². The van der Waals surface area contributed by atoms with E-state index in [-0.39, 0.29) is 5.91 Å². The molecule has 1 aliphatic rings. The molecule has 2 aromatic carbocycles. The predicted octanol–water partition coefficient (Wildman–Crippen LogP) is 3.44. The first kappa shape index (κ1) is 19.7. The maximum Gasteiger partial charge on any atom is 0.255 e. The van der Waals surface area contributed by atoms with Crippen molar-refractivity contribution in [2.24, 2.45) is 0 Å². The number of carbonyl (C=O) groups excluding carboxylic acids is 1. The molecule has 6 nitrogen and oxygen atoms in total. The number of benzene rings is 2. The van der Waals surface area contributed by atoms with Crippen LogP contribution in [0.4, 0.5) is 5.69 Å². The number of hydrogen-bond donors (Lipinski definition) is 3. The summed E-state index contributed by atoms with van der Waals surface area (Å²) in [6, 6.07) is 12.7. The molecule has 1 unspecified atom stereocenters. The third-order valence-electron chi connectivity index (χ3n) is 4.63. The van der Waals surface area contributed by atoms with Gasteiger partial charge in [-0.25, -0.2) is 0 Å². The van der Waals surface area contributed by atoms with E-state index in [1.807, 2.05) is 44.2 Å². The Morgan fingerprint density at radius 1 is 1.07 bits per heavy atom. The van der Waals surface area contributed by atoms with Crippen LogP contribution < -0.4 is 25.4 Å². The maximum absolute atomic E-state index is 13.2. The van der Waals surface area contributed by atoms with Gasteiger partial charge in [-0.1, -0.05) is 24.3 Å². The van der Waals surface area contributed by atoms with Crippen molar-refractivity contribution in [3.8, 4) is 11.5 Å². The fourth-order valence-electron chi connectivity index (χ4n) is 3.20. The Morgan fingerprint density at radius 3 is 2.50 bits per heavy atom. The summed E-state index contributed by atoms with van der Waals surface area (Å²) in [5.41, 5.74) is 3.74. The summed E-state index contributed by atoms with van der Waals surface area (Å²) in [6.07, 6.45) is 0. The number of anilines is 1. The van der Waals surface area contributed by atoms with E-state index in [0.717, 1.165) is 16.9 Å². The van der Waals surface area contributed by atoms with Crippen LogP contribution in [-0.2, 0) is 4.79 Å². The number of hydrogen-bond acceptors (Lipinski definition) is 4. The molecule has 0 radical (unpaired) electrons. The van der Waals surface area contributed by atoms with Crippen molar-refractivity contribution >= 4 is 28.9 Å². The Kier molecular flexibility index (Phi) is 5.84. The molecule has 0 fully saturated rings. The zero-order chi connectivity index (χ0) is 20.3. The Labute approximate surface area is 169 Å². The van der Waals surface area contributed by atoms with Crippen molar-refractivity contribution < 1.29 is 14.3 Å². The molecular weight excluding hydrogens is 374 g/mol. The molecule has 0 saturated carbocycles. The normalized spacial score (nSPS) is 16.1. The third kappa shape index (κ3) is 3.94. The largest absolute Gasteiger partial charge is 0.496 e. The van der Waals surface area contributed by atoms with Gasteiger partial charge in [0.2, 0.25) is 0 Å². The summed E-state index contributed by atoms with van der Waals surface area (Å²) in [4.78, 5) is 13.2. The van der Waals surface area contributed by atoms with Gasteiger partial charge in [-0.2, -0.15) is 0 Å². The molecule has 1 atom stereocenters. The number of carbonyl (C=O) groups is 1. The first-order chi connectivity index (χ1) is 13.4. The van der Waals surface area contributed by atoms with Gasteiger partial charge in [0.05, 0.1) is 31.5 Å². The SMILES string of the molecule is COc1cc(C2NC(=S)NC(C)=C2C(=O)Nc2ccccc2OC)ccc1C. The molecule has 3 rings (SSSR count). The van der Waals surface area contributed by atoms with Crippen molar-refractivity contribution in [2.75, 3.05) is 19.5 Å². The zero-order valence-corrected chi connectivity index (χ0v) is 17.1. The maximum atomic E-state index is 13.2. The van der Waals surface area contributed by atoms with Gasteiger partial charge in [-0.05, 0) is 55.4 Å². The molecule has 0 bridgehead atoms. The van der Waals surface area contributed by atoms with E-state index in [2.05, 4.69) is 16.0 Å². The van der Waals surface area contributed by atoms with E-state index >= 15 is 0 Å². The molecule has 0 spiro atoms. The highest BCUT2D eigenvalue weighted by Crippen LogP contribution is 2.32. The van der Waals surface area contributed by atoms with Crippen LogP contribution in [0.1, 0.15) is 24.1 Å². The van der Waals surface area contributed by atoms with Gasteiger partial charge < -0.3 is 25.4 Å². The fraction of sp³-hybridized carbons (Fsp3) is 0.238. The first-order valence-electron chi connectivity index (χ1n) is 8.81. The topological polar surface area (TPSA) is 71.6 Å². The van der Waals surface area contributed by atoms with E-state index in [1.165, 1.54) is 0 Å². The highest BCUT2D eigenvalue weighted by atomic mass is 32.1. The molecule has 0 saturated heterocycles. The quantitative estimate of drug-likeness (QED) is 0.672. The summed E-state index contributed by atoms with van der Waals surface area (Å²) in [5, 5.41) is 9.64. The number of para-hydroxylation sites is 2. The number of ether oxygens (including phenoxy) is 2. The Balaban J connectivity index is 1.99. The molecular formula is C21H23N3O3S. The lowest BCUT2D eigenvalue weighted by atomic mass is 9.94. The van der Waals surface area contributed by atoms with Crippen LogP contribution in [0, 0.1) is 6.92 Å². The summed E-state index contributed by atoms with van der Waals surface area (Å²) in [6.45, 7) is 3.81. The van der Waals surface area contributed by atoms with Crippen LogP contribution in [0.2, 0.25) is 0 Å². The van der Waals surface area contributed by atoms with E-state index in [4.69, 9.17) is 21.7 Å². The highest BCUT2D eigenvalue weighted by molar-refractivity contribution is 7.80. The van der Waals surface area contributed by atoms with Gasteiger partial charge in [-0.3, -0.25) is 4.79 Å². The number of aryl methyl sites for hydroxylation is 1. The van der Waals surface area contributed by atoms with Crippen LogP contribution in [0.15, 0.2) is 53.7 Å². The van der Waals surface area contributed by atoms with Crippen LogP contribution in [0.25, 0.3) is 0 Å². The second-order valence-electron chi connectivity index (χ2n) is 6.45. The molecule has 3 N–H and O–H groups in total. The van der Waals surface area contributed by atoms with Crippen LogP contribution in [-0.4, -0.2) is 25.2 Å². The second-order valence-corrected chi connectivity index (χ2v) is 6.86. The van der Waals surface area contributed by atoms with Crippen LogP contribution in [0.3, 0.4) is 0 Å². The number of allylic oxidation sites excluding steroid dienone is 1. The summed E-state index contributed by atoms with van der Waals surface area (Å²) in [7, 11) is 3.20. The summed E-state index contributed by atoms with van der Waals surface area (Å²) < 4.78 is 10.8.